The number of fused-ring (bicyclic) bond motifs is 3. The number of hydrogen-bond donors (Lipinski definition) is 3. The van der Waals surface area contributed by atoms with Crippen LogP contribution in [0, 0.1) is 5.82 Å². The van der Waals surface area contributed by atoms with Gasteiger partial charge in [-0.2, -0.15) is 0 Å². The Bertz CT molecular complexity index is 1250. The Balaban J connectivity index is 1.80. The second kappa shape index (κ2) is 8.47. The fourth-order valence-electron chi connectivity index (χ4n) is 6.42. The van der Waals surface area contributed by atoms with Crippen LogP contribution in [0.25, 0.3) is 0 Å². The minimum atomic E-state index is -1.35. The monoisotopic (exact) mass is 518 g/mol. The van der Waals surface area contributed by atoms with Crippen molar-refractivity contribution in [2.75, 3.05) is 25.5 Å². The quantitative estimate of drug-likeness (QED) is 0.569. The summed E-state index contributed by atoms with van der Waals surface area (Å²) in [7, 11) is 1.51. The number of hydrogen-bond acceptors (Lipinski definition) is 4. The molecule has 3 atom stereocenters. The number of carbonyl (C=O) groups excluding carboxylic acids is 3. The van der Waals surface area contributed by atoms with E-state index in [1.54, 1.807) is 35.2 Å². The van der Waals surface area contributed by atoms with E-state index in [1.165, 1.54) is 20.0 Å². The molecule has 3 amide bonds. The van der Waals surface area contributed by atoms with E-state index in [0.717, 1.165) is 0 Å². The molecule has 184 valence electrons. The van der Waals surface area contributed by atoms with Crippen molar-refractivity contribution < 1.29 is 18.8 Å². The van der Waals surface area contributed by atoms with E-state index in [9.17, 15) is 14.4 Å². The third kappa shape index (κ3) is 3.30. The van der Waals surface area contributed by atoms with Crippen molar-refractivity contribution >= 4 is 46.6 Å². The number of carbonyl (C=O) groups is 3. The van der Waals surface area contributed by atoms with Gasteiger partial charge in [-0.1, -0.05) is 41.4 Å². The molecule has 2 spiro atoms. The van der Waals surface area contributed by atoms with Crippen molar-refractivity contribution in [3.8, 4) is 0 Å². The number of nitrogens with one attached hydrogen (secondary N) is 3. The van der Waals surface area contributed by atoms with E-state index < -0.39 is 28.7 Å². The lowest BCUT2D eigenvalue weighted by atomic mass is 9.56. The predicted octanol–water partition coefficient (Wildman–Crippen LogP) is 3.21. The molecule has 2 aromatic carbocycles. The summed E-state index contributed by atoms with van der Waals surface area (Å²) in [6.45, 7) is 2.30. The van der Waals surface area contributed by atoms with Gasteiger partial charge in [-0.05, 0) is 42.2 Å². The van der Waals surface area contributed by atoms with Crippen molar-refractivity contribution in [3.63, 3.8) is 0 Å². The maximum Gasteiger partial charge on any atom is 0.237 e. The van der Waals surface area contributed by atoms with Crippen LogP contribution < -0.4 is 16.0 Å². The molecule has 0 aromatic heterocycles. The number of halogens is 3. The van der Waals surface area contributed by atoms with Crippen LogP contribution in [0.2, 0.25) is 10.0 Å². The Kier molecular flexibility index (Phi) is 5.81. The Morgan fingerprint density at radius 2 is 1.89 bits per heavy atom. The summed E-state index contributed by atoms with van der Waals surface area (Å²) in [5.41, 5.74) is -0.923. The van der Waals surface area contributed by atoms with Gasteiger partial charge in [0.2, 0.25) is 17.7 Å². The lowest BCUT2D eigenvalue weighted by Gasteiger charge is -2.49. The van der Waals surface area contributed by atoms with Crippen LogP contribution in [0.4, 0.5) is 10.1 Å². The van der Waals surface area contributed by atoms with Gasteiger partial charge in [0.1, 0.15) is 11.2 Å². The fraction of sp³-hybridized carbons (Fsp3) is 0.400. The summed E-state index contributed by atoms with van der Waals surface area (Å²) in [5, 5.41) is 9.46. The third-order valence-corrected chi connectivity index (χ3v) is 8.43. The Labute approximate surface area is 212 Å². The normalized spacial score (nSPS) is 26.7. The molecule has 10 heteroatoms. The number of likely N-dealkylation sites (N-methyl/N-ethyl adjacent to an activating group) is 1. The van der Waals surface area contributed by atoms with Gasteiger partial charge in [0, 0.05) is 49.2 Å². The number of rotatable bonds is 2. The average Bonchev–Trinajstić information content (AvgIpc) is 3.28. The van der Waals surface area contributed by atoms with Gasteiger partial charge in [0.15, 0.2) is 0 Å². The maximum atomic E-state index is 15.6. The van der Waals surface area contributed by atoms with Gasteiger partial charge in [0.25, 0.3) is 0 Å². The van der Waals surface area contributed by atoms with Gasteiger partial charge >= 0.3 is 0 Å². The molecule has 3 unspecified atom stereocenters. The molecule has 7 nitrogen and oxygen atoms in total. The summed E-state index contributed by atoms with van der Waals surface area (Å²) in [6.07, 6.45) is 0.794. The van der Waals surface area contributed by atoms with Crippen molar-refractivity contribution in [2.24, 2.45) is 0 Å². The molecule has 35 heavy (non-hydrogen) atoms. The zero-order chi connectivity index (χ0) is 25.1. The predicted molar refractivity (Wildman–Crippen MR) is 131 cm³/mol. The Hall–Kier alpha value is -2.68. The summed E-state index contributed by atoms with van der Waals surface area (Å²) in [6, 6.07) is 8.85. The van der Waals surface area contributed by atoms with Crippen LogP contribution in [-0.4, -0.2) is 54.3 Å². The van der Waals surface area contributed by atoms with Crippen LogP contribution >= 0.6 is 23.2 Å². The minimum absolute atomic E-state index is 0.0600. The summed E-state index contributed by atoms with van der Waals surface area (Å²) in [4.78, 5) is 41.2. The molecule has 2 aromatic rings. The van der Waals surface area contributed by atoms with Crippen molar-refractivity contribution in [3.05, 3.63) is 63.4 Å². The highest BCUT2D eigenvalue weighted by atomic mass is 35.5. The molecule has 5 rings (SSSR count). The van der Waals surface area contributed by atoms with Crippen molar-refractivity contribution in [1.29, 1.82) is 0 Å². The molecule has 3 aliphatic rings. The average molecular weight is 519 g/mol. The smallest absolute Gasteiger partial charge is 0.237 e. The number of amides is 3. The fourth-order valence-corrected chi connectivity index (χ4v) is 6.78. The lowest BCUT2D eigenvalue weighted by Crippen LogP contribution is -2.64. The number of nitrogens with zero attached hydrogens (tertiary/aromatic N) is 1. The third-order valence-electron chi connectivity index (χ3n) is 7.91. The van der Waals surface area contributed by atoms with Gasteiger partial charge in [-0.25, -0.2) is 4.39 Å². The minimum Gasteiger partial charge on any atom is -0.358 e. The molecular formula is C25H25Cl2FN4O3. The van der Waals surface area contributed by atoms with Crippen LogP contribution in [0.3, 0.4) is 0 Å². The highest BCUT2D eigenvalue weighted by molar-refractivity contribution is 6.31. The standard InChI is InChI=1S/C25H25Cl2FN4O3/c1-13(33)32-10-8-24(9-11-32)25(16-7-6-14(26)12-18(16)30-23(25)35)19(21(31-24)22(34)29-2)15-4-3-5-17(27)20(15)28/h3-7,12,19,21,31H,8-11H2,1-2H3,(H,29,34)(H,30,35). The van der Waals surface area contributed by atoms with Crippen LogP contribution in [0.15, 0.2) is 36.4 Å². The number of likely N-dealkylation sites (tertiary alicyclic amines) is 1. The van der Waals surface area contributed by atoms with Gasteiger partial charge < -0.3 is 15.5 Å². The Morgan fingerprint density at radius 1 is 1.17 bits per heavy atom. The van der Waals surface area contributed by atoms with E-state index in [4.69, 9.17) is 23.2 Å². The van der Waals surface area contributed by atoms with Crippen LogP contribution in [0.5, 0.6) is 0 Å². The molecule has 3 aliphatic heterocycles. The zero-order valence-corrected chi connectivity index (χ0v) is 20.8. The second-order valence-electron chi connectivity index (χ2n) is 9.40. The summed E-state index contributed by atoms with van der Waals surface area (Å²) >= 11 is 12.4. The molecule has 0 bridgehead atoms. The van der Waals surface area contributed by atoms with E-state index in [-0.39, 0.29) is 28.3 Å². The second-order valence-corrected chi connectivity index (χ2v) is 10.2. The van der Waals surface area contributed by atoms with E-state index in [2.05, 4.69) is 16.0 Å². The summed E-state index contributed by atoms with van der Waals surface area (Å²) < 4.78 is 15.6. The zero-order valence-electron chi connectivity index (χ0n) is 19.3. The number of piperidine rings is 1. The Morgan fingerprint density at radius 3 is 2.54 bits per heavy atom. The SMILES string of the molecule is CNC(=O)C1NC2(CCN(C(C)=O)CC2)C2(C(=O)Nc3cc(Cl)ccc32)C1c1cccc(Cl)c1F. The van der Waals surface area contributed by atoms with Crippen LogP contribution in [0.1, 0.15) is 36.8 Å². The summed E-state index contributed by atoms with van der Waals surface area (Å²) in [5.74, 6) is -2.34. The van der Waals surface area contributed by atoms with E-state index >= 15 is 4.39 Å². The van der Waals surface area contributed by atoms with Gasteiger partial charge in [-0.15, -0.1) is 0 Å². The topological polar surface area (TPSA) is 90.5 Å². The highest BCUT2D eigenvalue weighted by Gasteiger charge is 2.72. The van der Waals surface area contributed by atoms with Crippen molar-refractivity contribution in [2.45, 2.75) is 42.7 Å². The van der Waals surface area contributed by atoms with Crippen LogP contribution in [-0.2, 0) is 19.8 Å². The van der Waals surface area contributed by atoms with Crippen molar-refractivity contribution in [1.82, 2.24) is 15.5 Å². The molecule has 0 aliphatic carbocycles. The molecule has 3 N–H and O–H groups in total. The lowest BCUT2D eigenvalue weighted by molar-refractivity contribution is -0.132. The molecular weight excluding hydrogens is 494 g/mol. The number of benzene rings is 2. The molecule has 3 heterocycles. The van der Waals surface area contributed by atoms with Gasteiger partial charge in [0.05, 0.1) is 11.1 Å². The van der Waals surface area contributed by atoms with E-state index in [1.807, 2.05) is 0 Å². The molecule has 0 radical (unpaired) electrons. The number of anilines is 1. The first-order valence-corrected chi connectivity index (χ1v) is 12.2. The van der Waals surface area contributed by atoms with E-state index in [0.29, 0.717) is 42.2 Å². The van der Waals surface area contributed by atoms with Gasteiger partial charge in [-0.3, -0.25) is 19.7 Å². The highest BCUT2D eigenvalue weighted by Crippen LogP contribution is 2.61. The largest absolute Gasteiger partial charge is 0.358 e. The first-order valence-electron chi connectivity index (χ1n) is 11.5. The molecule has 2 saturated heterocycles. The first kappa shape index (κ1) is 24.0. The first-order chi connectivity index (χ1) is 16.7. The molecule has 0 saturated carbocycles. The molecule has 2 fully saturated rings. The maximum absolute atomic E-state index is 15.6.